The van der Waals surface area contributed by atoms with Gasteiger partial charge in [0.1, 0.15) is 11.6 Å². The fourth-order valence-corrected chi connectivity index (χ4v) is 23.8. The van der Waals surface area contributed by atoms with E-state index in [1.807, 2.05) is 18.6 Å². The van der Waals surface area contributed by atoms with Gasteiger partial charge in [0.2, 0.25) is 0 Å². The van der Waals surface area contributed by atoms with E-state index in [2.05, 4.69) is 310 Å². The Morgan fingerprint density at radius 3 is 1.58 bits per heavy atom. The summed E-state index contributed by atoms with van der Waals surface area (Å²) in [4.78, 5) is 12.3. The fraction of sp³-hybridized carbons (Fsp3) is 0.114. The van der Waals surface area contributed by atoms with Crippen molar-refractivity contribution >= 4 is 107 Å². The second-order valence-corrected chi connectivity index (χ2v) is 33.0. The third-order valence-corrected chi connectivity index (χ3v) is 27.8. The van der Waals surface area contributed by atoms with Gasteiger partial charge < -0.3 is 0 Å². The van der Waals surface area contributed by atoms with Gasteiger partial charge in [-0.15, -0.1) is 0 Å². The zero-order valence-electron chi connectivity index (χ0n) is 49.3. The van der Waals surface area contributed by atoms with E-state index < -0.39 is 13.3 Å². The van der Waals surface area contributed by atoms with E-state index in [1.165, 1.54) is 72.2 Å². The van der Waals surface area contributed by atoms with Gasteiger partial charge in [-0.05, 0) is 41.3 Å². The monoisotopic (exact) mass is 1170 g/mol. The summed E-state index contributed by atoms with van der Waals surface area (Å²) in [6.45, 7) is 14.3. The Balaban J connectivity index is 0.953. The minimum absolute atomic E-state index is 0.0415. The van der Waals surface area contributed by atoms with Crippen LogP contribution in [-0.4, -0.2) is 32.4 Å². The Morgan fingerprint density at radius 2 is 0.953 bits per heavy atom. The molecule has 14 aromatic rings. The van der Waals surface area contributed by atoms with Crippen molar-refractivity contribution in [3.8, 4) is 28.4 Å². The zero-order chi connectivity index (χ0) is 58.3. The predicted octanol–water partition coefficient (Wildman–Crippen LogP) is 17.7. The number of para-hydroxylation sites is 3. The molecule has 0 amide bonds. The first kappa shape index (κ1) is 53.0. The number of aromatic nitrogens is 4. The summed E-state index contributed by atoms with van der Waals surface area (Å²) < 4.78 is 17.4. The molecule has 10 aromatic carbocycles. The predicted molar refractivity (Wildman–Crippen MR) is 364 cm³/mol. The van der Waals surface area contributed by atoms with Crippen molar-refractivity contribution in [3.05, 3.63) is 285 Å². The molecule has 416 valence electrons. The molecule has 6 nitrogen and oxygen atoms in total. The Bertz CT molecular complexity index is 4940. The van der Waals surface area contributed by atoms with E-state index in [0.717, 1.165) is 50.0 Å². The summed E-state index contributed by atoms with van der Waals surface area (Å²) >= 11 is -3.80. The van der Waals surface area contributed by atoms with Gasteiger partial charge in [0, 0.05) is 23.0 Å². The van der Waals surface area contributed by atoms with Crippen LogP contribution in [0.5, 0.6) is 11.5 Å². The van der Waals surface area contributed by atoms with Crippen molar-refractivity contribution in [1.29, 1.82) is 0 Å². The Morgan fingerprint density at radius 1 is 0.407 bits per heavy atom. The topological polar surface area (TPSA) is 48.1 Å². The maximum atomic E-state index is 6.94. The van der Waals surface area contributed by atoms with E-state index in [-0.39, 0.29) is 10.8 Å². The van der Waals surface area contributed by atoms with E-state index in [9.17, 15) is 0 Å². The number of hydrogen-bond acceptors (Lipinski definition) is 4. The van der Waals surface area contributed by atoms with Crippen molar-refractivity contribution in [2.75, 3.05) is 4.90 Å². The Labute approximate surface area is 504 Å². The summed E-state index contributed by atoms with van der Waals surface area (Å²) in [7, 11) is 0. The third kappa shape index (κ3) is 8.84. The number of ether oxygens (including phenoxy) is 1. The number of anilines is 2. The number of nitrogens with zero attached hydrogens (tertiary/aromatic N) is 5. The normalized spacial score (nSPS) is 12.7. The van der Waals surface area contributed by atoms with Gasteiger partial charge in [-0.1, -0.05) is 39.0 Å². The number of fused-ring (bicyclic) bond motifs is 10. The molecule has 0 spiro atoms. The number of pyridine rings is 2. The first-order chi connectivity index (χ1) is 41.9. The molecule has 5 heterocycles. The van der Waals surface area contributed by atoms with Gasteiger partial charge in [-0.3, -0.25) is 4.57 Å². The van der Waals surface area contributed by atoms with Crippen LogP contribution in [0.15, 0.2) is 273 Å². The number of hydrogen-bond donors (Lipinski definition) is 0. The van der Waals surface area contributed by atoms with Crippen LogP contribution in [-0.2, 0) is 17.5 Å². The summed E-state index contributed by atoms with van der Waals surface area (Å²) in [6, 6.07) is 94.9. The van der Waals surface area contributed by atoms with Gasteiger partial charge in [0.05, 0.1) is 11.0 Å². The van der Waals surface area contributed by atoms with Crippen LogP contribution < -0.4 is 27.2 Å². The van der Waals surface area contributed by atoms with Crippen LogP contribution in [0.3, 0.4) is 0 Å². The van der Waals surface area contributed by atoms with Crippen LogP contribution in [0.1, 0.15) is 52.7 Å². The van der Waals surface area contributed by atoms with Crippen molar-refractivity contribution < 1.29 is 4.74 Å². The molecule has 0 aliphatic carbocycles. The molecule has 0 saturated heterocycles. The van der Waals surface area contributed by atoms with Crippen molar-refractivity contribution in [2.24, 2.45) is 0 Å². The molecule has 0 N–H and O–H groups in total. The molecule has 0 fully saturated rings. The van der Waals surface area contributed by atoms with Crippen molar-refractivity contribution in [1.82, 2.24) is 19.1 Å². The molecule has 7 heteroatoms. The molecule has 0 radical (unpaired) electrons. The van der Waals surface area contributed by atoms with E-state index in [4.69, 9.17) is 14.7 Å². The molecule has 0 atom stereocenters. The fourth-order valence-electron chi connectivity index (χ4n) is 13.6. The van der Waals surface area contributed by atoms with Crippen LogP contribution in [0.4, 0.5) is 11.4 Å². The molecule has 1 aliphatic heterocycles. The average molecular weight is 1170 g/mol. The van der Waals surface area contributed by atoms with Crippen molar-refractivity contribution in [2.45, 2.75) is 59.0 Å². The molecule has 0 saturated carbocycles. The van der Waals surface area contributed by atoms with Crippen molar-refractivity contribution in [3.63, 3.8) is 0 Å². The molecule has 0 unspecified atom stereocenters. The summed E-state index contributed by atoms with van der Waals surface area (Å²) in [5.41, 5.74) is 11.1. The summed E-state index contributed by atoms with van der Waals surface area (Å²) in [5.74, 6) is 2.23. The molecule has 86 heavy (non-hydrogen) atoms. The second-order valence-electron chi connectivity index (χ2n) is 25.0. The molecule has 1 aliphatic rings. The summed E-state index contributed by atoms with van der Waals surface area (Å²) in [5, 5.41) is 9.41. The third-order valence-electron chi connectivity index (χ3n) is 17.8. The first-order valence-corrected chi connectivity index (χ1v) is 34.1. The SMILES string of the molecule is CC(C)(C)c1cc(-c2cccc3c4ccccc4c4ccccc4c4cccc5c4n(c23)CN5c2cncc(Oc3ccc4c5ccccc5n(-c5cc(C(C)(C)C)ccn5)c4c3)c2)c[c]([Ge]([c]2ccccc2)([c]2ccccc2)[c]2ccccc2)c1. The average Bonchev–Trinajstić information content (AvgIpc) is 2.75. The van der Waals surface area contributed by atoms with Crippen LogP contribution in [0, 0.1) is 0 Å². The van der Waals surface area contributed by atoms with Gasteiger partial charge >= 0.3 is 373 Å². The Kier molecular flexibility index (Phi) is 12.8. The van der Waals surface area contributed by atoms with E-state index in [0.29, 0.717) is 18.2 Å². The van der Waals surface area contributed by atoms with Gasteiger partial charge in [0.25, 0.3) is 0 Å². The number of benzene rings is 10. The van der Waals surface area contributed by atoms with Crippen LogP contribution >= 0.6 is 0 Å². The van der Waals surface area contributed by atoms with Crippen LogP contribution in [0.25, 0.3) is 82.1 Å². The maximum absolute atomic E-state index is 6.94. The van der Waals surface area contributed by atoms with Crippen LogP contribution in [0.2, 0.25) is 0 Å². The number of rotatable bonds is 9. The minimum atomic E-state index is -3.80. The van der Waals surface area contributed by atoms with Gasteiger partial charge in [-0.2, -0.15) is 0 Å². The standard InChI is InChI=1S/C79H65GeN5O/c1-78(2,3)54-42-43-82-75(47-54)85-72-38-21-20-34-68(72)69-41-40-61(49-74(69)85)86-62-48-60(50-81-51-62)83-52-84-76-63(35-22-36-70(76)66-32-18-16-30-64(66)65-31-17-19-33-67(65)71-37-23-39-73(83)77(71)84)53-44-55(79(4,5)6)46-59(45-53)80(56-24-10-7-11-25-56,57-26-12-8-13-27-57)58-28-14-9-15-29-58/h7-51H,52H2,1-6H3. The second kappa shape index (κ2) is 20.8. The van der Waals surface area contributed by atoms with E-state index in [1.54, 1.807) is 0 Å². The van der Waals surface area contributed by atoms with Gasteiger partial charge in [0.15, 0.2) is 0 Å². The quantitative estimate of drug-likeness (QED) is 0.135. The molecule has 4 aromatic heterocycles. The first-order valence-electron chi connectivity index (χ1n) is 29.9. The van der Waals surface area contributed by atoms with Gasteiger partial charge in [-0.25, -0.2) is 4.98 Å². The Hall–Kier alpha value is -9.76. The molecular weight excluding hydrogens is 1110 g/mol. The summed E-state index contributed by atoms with van der Waals surface area (Å²) in [6.07, 6.45) is 5.73. The molecule has 15 rings (SSSR count). The zero-order valence-corrected chi connectivity index (χ0v) is 51.4. The molecular formula is C79H65GeN5O. The van der Waals surface area contributed by atoms with E-state index >= 15 is 0 Å². The molecule has 0 bridgehead atoms.